The maximum Gasteiger partial charge on any atom is 0.336 e. The Hall–Kier alpha value is -3.00. The number of nitrogens with one attached hydrogen (secondary N) is 1. The summed E-state index contributed by atoms with van der Waals surface area (Å²) < 4.78 is 2.37. The van der Waals surface area contributed by atoms with Crippen molar-refractivity contribution in [1.29, 1.82) is 0 Å². The number of rotatable bonds is 5. The zero-order chi connectivity index (χ0) is 29.3. The Bertz CT molecular complexity index is 2020. The SMILES string of the molecule is CC(C)c1cccc(C(C)C)c1NC(=O)c1cc(Br)c2c3cccc4c(Br)ccc(c5c(Br)cc(C(=O)O)c1c52)c43. The summed E-state index contributed by atoms with van der Waals surface area (Å²) in [5, 5.41) is 20.6. The summed E-state index contributed by atoms with van der Waals surface area (Å²) in [4.78, 5) is 27.0. The number of fused-ring (bicyclic) bond motifs is 2. The molecule has 6 aromatic rings. The first-order valence-electron chi connectivity index (χ1n) is 13.4. The maximum absolute atomic E-state index is 14.3. The average Bonchev–Trinajstić information content (AvgIpc) is 2.92. The highest BCUT2D eigenvalue weighted by Crippen LogP contribution is 2.48. The molecule has 0 saturated heterocycles. The number of benzene rings is 6. The van der Waals surface area contributed by atoms with E-state index in [1.807, 2.05) is 36.4 Å². The third kappa shape index (κ3) is 4.36. The first kappa shape index (κ1) is 28.1. The van der Waals surface area contributed by atoms with Crippen LogP contribution in [0.25, 0.3) is 43.1 Å². The van der Waals surface area contributed by atoms with E-state index in [4.69, 9.17) is 0 Å². The third-order valence-electron chi connectivity index (χ3n) is 7.92. The lowest BCUT2D eigenvalue weighted by molar-refractivity contribution is 0.0699. The molecule has 1 amide bonds. The van der Waals surface area contributed by atoms with Crippen molar-refractivity contribution in [2.75, 3.05) is 5.32 Å². The predicted octanol–water partition coefficient (Wildman–Crippen LogP) is 11.2. The van der Waals surface area contributed by atoms with Gasteiger partial charge in [0.1, 0.15) is 0 Å². The Morgan fingerprint density at radius 2 is 1.17 bits per heavy atom. The van der Waals surface area contributed by atoms with Crippen molar-refractivity contribution in [1.82, 2.24) is 0 Å². The van der Waals surface area contributed by atoms with Gasteiger partial charge in [-0.15, -0.1) is 0 Å². The zero-order valence-corrected chi connectivity index (χ0v) is 27.6. The standard InChI is InChI=1S/C34H26Br3NO3/c1-15(2)17-7-5-8-18(16(3)4)32(17)38-33(39)22-13-25(36)29-20-10-6-9-19-24(35)12-11-21(27(19)20)30-26(37)14-23(34(40)41)28(22)31(29)30/h5-16H,1-4H3,(H,38,39)(H,40,41). The summed E-state index contributed by atoms with van der Waals surface area (Å²) in [6.07, 6.45) is 0. The summed E-state index contributed by atoms with van der Waals surface area (Å²) in [5.74, 6) is -1.06. The fourth-order valence-electron chi connectivity index (χ4n) is 6.11. The molecule has 0 saturated carbocycles. The Labute approximate surface area is 262 Å². The van der Waals surface area contributed by atoms with Crippen LogP contribution in [0.5, 0.6) is 0 Å². The van der Waals surface area contributed by atoms with Crippen molar-refractivity contribution in [3.63, 3.8) is 0 Å². The van der Waals surface area contributed by atoms with Gasteiger partial charge in [-0.1, -0.05) is 118 Å². The van der Waals surface area contributed by atoms with Gasteiger partial charge in [0, 0.05) is 46.2 Å². The molecule has 0 spiro atoms. The van der Waals surface area contributed by atoms with E-state index in [2.05, 4.69) is 92.9 Å². The van der Waals surface area contributed by atoms with Crippen LogP contribution in [0.3, 0.4) is 0 Å². The normalized spacial score (nSPS) is 12.0. The van der Waals surface area contributed by atoms with E-state index in [1.165, 1.54) is 0 Å². The summed E-state index contributed by atoms with van der Waals surface area (Å²) >= 11 is 11.2. The molecule has 0 aliphatic rings. The van der Waals surface area contributed by atoms with Gasteiger partial charge in [-0.05, 0) is 62.7 Å². The zero-order valence-electron chi connectivity index (χ0n) is 22.8. The first-order chi connectivity index (χ1) is 19.5. The highest BCUT2D eigenvalue weighted by molar-refractivity contribution is 9.11. The lowest BCUT2D eigenvalue weighted by atomic mass is 9.86. The van der Waals surface area contributed by atoms with Crippen LogP contribution in [0.2, 0.25) is 0 Å². The minimum atomic E-state index is -1.09. The second-order valence-corrected chi connectivity index (χ2v) is 13.6. The molecular weight excluding hydrogens is 710 g/mol. The van der Waals surface area contributed by atoms with Gasteiger partial charge in [-0.2, -0.15) is 0 Å². The molecule has 0 atom stereocenters. The molecule has 2 N–H and O–H groups in total. The molecule has 6 rings (SSSR count). The fraction of sp³-hybridized carbons (Fsp3) is 0.176. The number of para-hydroxylation sites is 1. The van der Waals surface area contributed by atoms with Gasteiger partial charge in [0.15, 0.2) is 0 Å². The van der Waals surface area contributed by atoms with Crippen molar-refractivity contribution in [3.8, 4) is 0 Å². The quantitative estimate of drug-likeness (QED) is 0.137. The minimum absolute atomic E-state index is 0.0727. The molecule has 0 radical (unpaired) electrons. The van der Waals surface area contributed by atoms with Crippen molar-refractivity contribution in [3.05, 3.63) is 96.3 Å². The molecule has 6 aromatic carbocycles. The van der Waals surface area contributed by atoms with Crippen LogP contribution in [-0.4, -0.2) is 17.0 Å². The maximum atomic E-state index is 14.3. The first-order valence-corrected chi connectivity index (χ1v) is 15.8. The van der Waals surface area contributed by atoms with Gasteiger partial charge in [0.25, 0.3) is 5.91 Å². The highest BCUT2D eigenvalue weighted by atomic mass is 79.9. The number of hydrogen-bond acceptors (Lipinski definition) is 2. The highest BCUT2D eigenvalue weighted by Gasteiger charge is 2.27. The van der Waals surface area contributed by atoms with Crippen LogP contribution >= 0.6 is 47.8 Å². The number of carboxylic acid groups (broad SMARTS) is 1. The summed E-state index contributed by atoms with van der Waals surface area (Å²) in [5.41, 5.74) is 3.25. The van der Waals surface area contributed by atoms with Crippen LogP contribution in [-0.2, 0) is 0 Å². The topological polar surface area (TPSA) is 66.4 Å². The molecule has 0 bridgehead atoms. The number of halogens is 3. The minimum Gasteiger partial charge on any atom is -0.478 e. The summed E-state index contributed by atoms with van der Waals surface area (Å²) in [7, 11) is 0. The van der Waals surface area contributed by atoms with E-state index in [-0.39, 0.29) is 23.3 Å². The van der Waals surface area contributed by atoms with E-state index >= 15 is 0 Å². The van der Waals surface area contributed by atoms with Gasteiger partial charge in [0.2, 0.25) is 0 Å². The number of carbonyl (C=O) groups excluding carboxylic acids is 1. The van der Waals surface area contributed by atoms with Crippen LogP contribution in [0.15, 0.2) is 74.1 Å². The lowest BCUT2D eigenvalue weighted by Gasteiger charge is -2.22. The Morgan fingerprint density at radius 3 is 1.76 bits per heavy atom. The number of amides is 1. The molecule has 0 fully saturated rings. The Morgan fingerprint density at radius 1 is 0.634 bits per heavy atom. The van der Waals surface area contributed by atoms with Gasteiger partial charge in [-0.3, -0.25) is 4.79 Å². The fourth-order valence-corrected chi connectivity index (χ4v) is 7.85. The van der Waals surface area contributed by atoms with Crippen molar-refractivity contribution in [2.24, 2.45) is 0 Å². The molecular formula is C34H26Br3NO3. The van der Waals surface area contributed by atoms with Gasteiger partial charge in [-0.25, -0.2) is 4.79 Å². The van der Waals surface area contributed by atoms with E-state index < -0.39 is 5.97 Å². The molecule has 0 aromatic heterocycles. The van der Waals surface area contributed by atoms with Gasteiger partial charge < -0.3 is 10.4 Å². The average molecular weight is 736 g/mol. The van der Waals surface area contributed by atoms with Crippen molar-refractivity contribution in [2.45, 2.75) is 39.5 Å². The molecule has 0 unspecified atom stereocenters. The van der Waals surface area contributed by atoms with Crippen molar-refractivity contribution < 1.29 is 14.7 Å². The van der Waals surface area contributed by atoms with Crippen molar-refractivity contribution >= 4 is 108 Å². The number of aromatic carboxylic acids is 1. The Balaban J connectivity index is 1.74. The number of carbonyl (C=O) groups is 2. The molecule has 0 aliphatic carbocycles. The molecule has 41 heavy (non-hydrogen) atoms. The summed E-state index contributed by atoms with van der Waals surface area (Å²) in [6.45, 7) is 8.41. The second kappa shape index (κ2) is 10.4. The van der Waals surface area contributed by atoms with E-state index in [0.29, 0.717) is 15.4 Å². The van der Waals surface area contributed by atoms with E-state index in [0.717, 1.165) is 63.5 Å². The number of anilines is 1. The van der Waals surface area contributed by atoms with Gasteiger partial charge in [0.05, 0.1) is 5.56 Å². The molecule has 4 nitrogen and oxygen atoms in total. The molecule has 0 heterocycles. The Kier molecular flexibility index (Phi) is 7.12. The number of hydrogen-bond donors (Lipinski definition) is 2. The predicted molar refractivity (Wildman–Crippen MR) is 180 cm³/mol. The smallest absolute Gasteiger partial charge is 0.336 e. The van der Waals surface area contributed by atoms with Crippen LogP contribution in [0.4, 0.5) is 5.69 Å². The number of carboxylic acids is 1. The van der Waals surface area contributed by atoms with Gasteiger partial charge >= 0.3 is 5.97 Å². The molecule has 0 aliphatic heterocycles. The second-order valence-electron chi connectivity index (χ2n) is 11.0. The van der Waals surface area contributed by atoms with Crippen LogP contribution < -0.4 is 5.32 Å². The summed E-state index contributed by atoms with van der Waals surface area (Å²) in [6, 6.07) is 19.7. The van der Waals surface area contributed by atoms with Crippen LogP contribution in [0.1, 0.15) is 71.4 Å². The van der Waals surface area contributed by atoms with Crippen LogP contribution in [0, 0.1) is 0 Å². The molecule has 206 valence electrons. The third-order valence-corrected chi connectivity index (χ3v) is 9.86. The van der Waals surface area contributed by atoms with E-state index in [1.54, 1.807) is 12.1 Å². The van der Waals surface area contributed by atoms with E-state index in [9.17, 15) is 14.7 Å². The monoisotopic (exact) mass is 733 g/mol. The lowest BCUT2D eigenvalue weighted by Crippen LogP contribution is -2.17. The molecule has 7 heteroatoms. The largest absolute Gasteiger partial charge is 0.478 e.